The molecule has 1 aliphatic heterocycles. The van der Waals surface area contributed by atoms with E-state index in [1.54, 1.807) is 17.5 Å². The van der Waals surface area contributed by atoms with E-state index in [1.807, 2.05) is 19.1 Å². The average molecular weight is 394 g/mol. The van der Waals surface area contributed by atoms with Gasteiger partial charge in [-0.15, -0.1) is 11.3 Å². The number of thiophene rings is 1. The van der Waals surface area contributed by atoms with Crippen LogP contribution in [0.3, 0.4) is 0 Å². The maximum atomic E-state index is 12.6. The van der Waals surface area contributed by atoms with Gasteiger partial charge in [0.25, 0.3) is 0 Å². The largest absolute Gasteiger partial charge is 0.310 e. The number of carbonyl (C=O) groups is 1. The minimum absolute atomic E-state index is 0.0314. The summed E-state index contributed by atoms with van der Waals surface area (Å²) in [5.74, 6) is 0.793. The fourth-order valence-electron chi connectivity index (χ4n) is 2.89. The zero-order valence-corrected chi connectivity index (χ0v) is 15.5. The number of aryl methyl sites for hydroxylation is 1. The molecule has 0 unspecified atom stereocenters. The van der Waals surface area contributed by atoms with Gasteiger partial charge >= 0.3 is 0 Å². The molecule has 0 saturated carbocycles. The number of hydrogen-bond acceptors (Lipinski definition) is 4. The molecule has 0 bridgehead atoms. The second kappa shape index (κ2) is 7.55. The Balaban J connectivity index is 1.60. The number of aromatic nitrogens is 1. The quantitative estimate of drug-likeness (QED) is 0.851. The van der Waals surface area contributed by atoms with Gasteiger partial charge in [-0.05, 0) is 65.3 Å². The third kappa shape index (κ3) is 4.19. The number of carbonyl (C=O) groups excluding carboxylic acids is 1. The molecule has 3 rings (SSSR count). The number of pyridine rings is 1. The number of piperidine rings is 1. The van der Waals surface area contributed by atoms with E-state index in [-0.39, 0.29) is 11.8 Å². The van der Waals surface area contributed by atoms with Crippen molar-refractivity contribution >= 4 is 39.0 Å². The lowest BCUT2D eigenvalue weighted by Gasteiger charge is -2.31. The van der Waals surface area contributed by atoms with Crippen molar-refractivity contribution in [3.05, 3.63) is 44.7 Å². The minimum Gasteiger partial charge on any atom is -0.310 e. The van der Waals surface area contributed by atoms with Crippen LogP contribution in [0.25, 0.3) is 0 Å². The summed E-state index contributed by atoms with van der Waals surface area (Å²) >= 11 is 5.34. The molecule has 1 aliphatic rings. The molecule has 1 N–H and O–H groups in total. The van der Waals surface area contributed by atoms with Crippen molar-refractivity contribution in [2.45, 2.75) is 26.3 Å². The lowest BCUT2D eigenvalue weighted by Crippen LogP contribution is -2.40. The second-order valence-corrected chi connectivity index (χ2v) is 7.78. The summed E-state index contributed by atoms with van der Waals surface area (Å²) in [6.45, 7) is 4.73. The molecule has 1 amide bonds. The second-order valence-electron chi connectivity index (χ2n) is 5.92. The number of nitrogens with one attached hydrogen (secondary N) is 1. The van der Waals surface area contributed by atoms with Crippen LogP contribution in [0.5, 0.6) is 0 Å². The maximum Gasteiger partial charge on any atom is 0.229 e. The number of hydrogen-bond donors (Lipinski definition) is 1. The highest BCUT2D eigenvalue weighted by molar-refractivity contribution is 9.10. The standard InChI is InChI=1S/C17H20BrN3OS/c1-12-4-2-7-19-16(12)20-17(22)13-5-3-8-21(10-13)11-15-14(18)6-9-23-15/h2,4,6-7,9,13H,3,5,8,10-11H2,1H3,(H,19,20,22)/t13-/m0/s1. The fraction of sp³-hybridized carbons (Fsp3) is 0.412. The van der Waals surface area contributed by atoms with Gasteiger partial charge in [0.15, 0.2) is 0 Å². The smallest absolute Gasteiger partial charge is 0.229 e. The Bertz CT molecular complexity index is 688. The Morgan fingerprint density at radius 2 is 2.39 bits per heavy atom. The number of rotatable bonds is 4. The molecule has 6 heteroatoms. The zero-order chi connectivity index (χ0) is 16.2. The number of nitrogens with zero attached hydrogens (tertiary/aromatic N) is 2. The van der Waals surface area contributed by atoms with Gasteiger partial charge in [0, 0.05) is 28.6 Å². The maximum absolute atomic E-state index is 12.6. The van der Waals surface area contributed by atoms with E-state index in [0.29, 0.717) is 5.82 Å². The zero-order valence-electron chi connectivity index (χ0n) is 13.1. The van der Waals surface area contributed by atoms with Crippen LogP contribution in [-0.2, 0) is 11.3 Å². The van der Waals surface area contributed by atoms with Gasteiger partial charge in [-0.2, -0.15) is 0 Å². The molecule has 0 spiro atoms. The first-order valence-corrected chi connectivity index (χ1v) is 9.47. The van der Waals surface area contributed by atoms with E-state index in [2.05, 4.69) is 42.6 Å². The summed E-state index contributed by atoms with van der Waals surface area (Å²) in [6.07, 6.45) is 3.71. The van der Waals surface area contributed by atoms with Crippen LogP contribution in [0.2, 0.25) is 0 Å². The molecular formula is C17H20BrN3OS. The SMILES string of the molecule is Cc1cccnc1NC(=O)[C@H]1CCCN(Cc2sccc2Br)C1. The van der Waals surface area contributed by atoms with E-state index in [0.717, 1.165) is 42.5 Å². The monoisotopic (exact) mass is 393 g/mol. The lowest BCUT2D eigenvalue weighted by atomic mass is 9.97. The van der Waals surface area contributed by atoms with Crippen LogP contribution in [0, 0.1) is 12.8 Å². The Kier molecular flexibility index (Phi) is 5.46. The molecular weight excluding hydrogens is 374 g/mol. The summed E-state index contributed by atoms with van der Waals surface area (Å²) in [7, 11) is 0. The molecule has 23 heavy (non-hydrogen) atoms. The van der Waals surface area contributed by atoms with Crippen LogP contribution in [0.4, 0.5) is 5.82 Å². The Morgan fingerprint density at radius 3 is 3.13 bits per heavy atom. The third-order valence-corrected chi connectivity index (χ3v) is 6.10. The molecule has 2 aromatic rings. The number of anilines is 1. The number of halogens is 1. The van der Waals surface area contributed by atoms with Crippen molar-refractivity contribution in [3.8, 4) is 0 Å². The van der Waals surface area contributed by atoms with E-state index in [4.69, 9.17) is 0 Å². The van der Waals surface area contributed by atoms with E-state index < -0.39 is 0 Å². The molecule has 0 aliphatic carbocycles. The highest BCUT2D eigenvalue weighted by Gasteiger charge is 2.26. The summed E-state index contributed by atoms with van der Waals surface area (Å²) < 4.78 is 1.16. The van der Waals surface area contributed by atoms with Crippen LogP contribution >= 0.6 is 27.3 Å². The van der Waals surface area contributed by atoms with Gasteiger partial charge in [0.2, 0.25) is 5.91 Å². The average Bonchev–Trinajstić information content (AvgIpc) is 2.95. The summed E-state index contributed by atoms with van der Waals surface area (Å²) in [5.41, 5.74) is 0.996. The van der Waals surface area contributed by atoms with Gasteiger partial charge in [-0.3, -0.25) is 9.69 Å². The van der Waals surface area contributed by atoms with Crippen LogP contribution < -0.4 is 5.32 Å². The van der Waals surface area contributed by atoms with Crippen molar-refractivity contribution in [1.29, 1.82) is 0 Å². The summed E-state index contributed by atoms with van der Waals surface area (Å²) in [5, 5.41) is 5.08. The number of amides is 1. The predicted octanol–water partition coefficient (Wildman–Crippen LogP) is 4.06. The first-order valence-electron chi connectivity index (χ1n) is 7.80. The molecule has 4 nitrogen and oxygen atoms in total. The molecule has 1 saturated heterocycles. The Labute approximate surface area is 149 Å². The summed E-state index contributed by atoms with van der Waals surface area (Å²) in [4.78, 5) is 20.5. The van der Waals surface area contributed by atoms with Gasteiger partial charge in [-0.1, -0.05) is 6.07 Å². The highest BCUT2D eigenvalue weighted by atomic mass is 79.9. The van der Waals surface area contributed by atoms with Crippen LogP contribution in [0.1, 0.15) is 23.3 Å². The third-order valence-electron chi connectivity index (χ3n) is 4.19. The molecule has 3 heterocycles. The molecule has 1 fully saturated rings. The molecule has 2 aromatic heterocycles. The molecule has 122 valence electrons. The van der Waals surface area contributed by atoms with Crippen molar-refractivity contribution in [2.24, 2.45) is 5.92 Å². The van der Waals surface area contributed by atoms with Crippen LogP contribution in [-0.4, -0.2) is 28.9 Å². The van der Waals surface area contributed by atoms with E-state index in [1.165, 1.54) is 4.88 Å². The Morgan fingerprint density at radius 1 is 1.52 bits per heavy atom. The number of likely N-dealkylation sites (tertiary alicyclic amines) is 1. The fourth-order valence-corrected chi connectivity index (χ4v) is 4.41. The van der Waals surface area contributed by atoms with Crippen molar-refractivity contribution in [3.63, 3.8) is 0 Å². The van der Waals surface area contributed by atoms with Crippen LogP contribution in [0.15, 0.2) is 34.2 Å². The molecule has 1 atom stereocenters. The van der Waals surface area contributed by atoms with E-state index >= 15 is 0 Å². The van der Waals surface area contributed by atoms with Gasteiger partial charge in [0.05, 0.1) is 5.92 Å². The van der Waals surface area contributed by atoms with Gasteiger partial charge in [-0.25, -0.2) is 4.98 Å². The molecule has 0 aromatic carbocycles. The van der Waals surface area contributed by atoms with Gasteiger partial charge < -0.3 is 5.32 Å². The van der Waals surface area contributed by atoms with E-state index in [9.17, 15) is 4.79 Å². The first kappa shape index (κ1) is 16.6. The van der Waals surface area contributed by atoms with Crippen molar-refractivity contribution < 1.29 is 4.79 Å². The molecule has 0 radical (unpaired) electrons. The Hall–Kier alpha value is -1.24. The lowest BCUT2D eigenvalue weighted by molar-refractivity contribution is -0.121. The topological polar surface area (TPSA) is 45.2 Å². The summed E-state index contributed by atoms with van der Waals surface area (Å²) in [6, 6.07) is 5.92. The first-order chi connectivity index (χ1) is 11.1. The minimum atomic E-state index is 0.0314. The predicted molar refractivity (Wildman–Crippen MR) is 97.6 cm³/mol. The normalized spacial score (nSPS) is 18.8. The van der Waals surface area contributed by atoms with Gasteiger partial charge in [0.1, 0.15) is 5.82 Å². The van der Waals surface area contributed by atoms with Crippen molar-refractivity contribution in [2.75, 3.05) is 18.4 Å². The van der Waals surface area contributed by atoms with Crippen molar-refractivity contribution in [1.82, 2.24) is 9.88 Å². The highest BCUT2D eigenvalue weighted by Crippen LogP contribution is 2.27.